The van der Waals surface area contributed by atoms with Gasteiger partial charge in [0, 0.05) is 5.56 Å². The van der Waals surface area contributed by atoms with Gasteiger partial charge in [-0.2, -0.15) is 0 Å². The highest BCUT2D eigenvalue weighted by Gasteiger charge is 2.44. The summed E-state index contributed by atoms with van der Waals surface area (Å²) in [6.07, 6.45) is 0. The van der Waals surface area contributed by atoms with E-state index in [-0.39, 0.29) is 24.1 Å². The van der Waals surface area contributed by atoms with E-state index >= 15 is 0 Å². The van der Waals surface area contributed by atoms with Crippen LogP contribution in [0.1, 0.15) is 19.4 Å². The summed E-state index contributed by atoms with van der Waals surface area (Å²) in [5.41, 5.74) is 1.06. The minimum atomic E-state index is -1.00. The van der Waals surface area contributed by atoms with Gasteiger partial charge in [0.15, 0.2) is 18.1 Å². The Bertz CT molecular complexity index is 914. The number of quaternary nitrogens is 1. The molecule has 7 heteroatoms. The Labute approximate surface area is 163 Å². The molecule has 0 aliphatic carbocycles. The molecule has 2 N–H and O–H groups in total. The third-order valence-corrected chi connectivity index (χ3v) is 4.93. The van der Waals surface area contributed by atoms with Gasteiger partial charge < -0.3 is 15.0 Å². The number of carbonyl (C=O) groups is 2. The largest absolute Gasteiger partial charge is 0.494 e. The van der Waals surface area contributed by atoms with E-state index in [1.807, 2.05) is 25.2 Å². The van der Waals surface area contributed by atoms with Gasteiger partial charge in [0.1, 0.15) is 12.1 Å². The summed E-state index contributed by atoms with van der Waals surface area (Å²) >= 11 is 0. The Balaban J connectivity index is 1.78. The molecule has 0 fully saturated rings. The molecule has 1 unspecified atom stereocenters. The lowest BCUT2D eigenvalue weighted by atomic mass is 9.96. The standard InChI is InChI=1S/C21H24FN3O3/c1-21(2)20(27)23-16-7-5-6-8-17(16)25(21)19(26)13-24(3)12-14-9-10-18(28-4)15(22)11-14/h5-11H,12-13H2,1-4H3,(H,23,27)/p+1. The number of nitrogens with zero attached hydrogens (tertiary/aromatic N) is 1. The van der Waals surface area contributed by atoms with Crippen LogP contribution in [0.5, 0.6) is 5.75 Å². The number of anilines is 2. The Morgan fingerprint density at radius 3 is 2.64 bits per heavy atom. The van der Waals surface area contributed by atoms with Crippen molar-refractivity contribution in [3.63, 3.8) is 0 Å². The average molecular weight is 386 g/mol. The molecule has 2 aromatic carbocycles. The maximum Gasteiger partial charge on any atom is 0.283 e. The number of fused-ring (bicyclic) bond motifs is 1. The molecule has 0 aromatic heterocycles. The number of halogens is 1. The van der Waals surface area contributed by atoms with Gasteiger partial charge in [-0.3, -0.25) is 14.5 Å². The molecule has 0 radical (unpaired) electrons. The first kappa shape index (κ1) is 19.8. The van der Waals surface area contributed by atoms with Gasteiger partial charge in [0.05, 0.1) is 25.5 Å². The van der Waals surface area contributed by atoms with Crippen molar-refractivity contribution < 1.29 is 23.6 Å². The number of benzene rings is 2. The lowest BCUT2D eigenvalue weighted by molar-refractivity contribution is -0.885. The molecule has 1 atom stereocenters. The van der Waals surface area contributed by atoms with E-state index in [9.17, 15) is 14.0 Å². The fourth-order valence-electron chi connectivity index (χ4n) is 3.47. The third-order valence-electron chi connectivity index (χ3n) is 4.93. The summed E-state index contributed by atoms with van der Waals surface area (Å²) in [6.45, 7) is 4.09. The highest BCUT2D eigenvalue weighted by atomic mass is 19.1. The molecule has 0 spiro atoms. The number of nitrogens with one attached hydrogen (secondary N) is 2. The van der Waals surface area contributed by atoms with Crippen molar-refractivity contribution in [3.05, 3.63) is 53.8 Å². The molecular formula is C21H25FN3O3+. The number of para-hydroxylation sites is 2. The van der Waals surface area contributed by atoms with E-state index in [0.29, 0.717) is 17.9 Å². The zero-order valence-electron chi connectivity index (χ0n) is 16.5. The number of likely N-dealkylation sites (N-methyl/N-ethyl adjacent to an activating group) is 1. The maximum atomic E-state index is 13.9. The lowest BCUT2D eigenvalue weighted by Gasteiger charge is -2.42. The molecule has 6 nitrogen and oxygen atoms in total. The van der Waals surface area contributed by atoms with Crippen molar-refractivity contribution in [1.82, 2.24) is 0 Å². The van der Waals surface area contributed by atoms with Crippen LogP contribution >= 0.6 is 0 Å². The summed E-state index contributed by atoms with van der Waals surface area (Å²) in [7, 11) is 3.28. The van der Waals surface area contributed by atoms with E-state index in [0.717, 1.165) is 10.5 Å². The normalized spacial score (nSPS) is 16.2. The molecule has 0 bridgehead atoms. The number of hydrogen-bond donors (Lipinski definition) is 2. The van der Waals surface area contributed by atoms with Crippen LogP contribution in [0, 0.1) is 5.82 Å². The number of amides is 2. The SMILES string of the molecule is COc1ccc(C[NH+](C)CC(=O)N2c3ccccc3NC(=O)C2(C)C)cc1F. The highest BCUT2D eigenvalue weighted by Crippen LogP contribution is 2.36. The molecule has 1 aliphatic heterocycles. The average Bonchev–Trinajstić information content (AvgIpc) is 2.62. The van der Waals surface area contributed by atoms with Crippen molar-refractivity contribution >= 4 is 23.2 Å². The van der Waals surface area contributed by atoms with Crippen molar-refractivity contribution in [2.24, 2.45) is 0 Å². The molecule has 2 amide bonds. The first-order chi connectivity index (χ1) is 13.2. The molecule has 3 rings (SSSR count). The summed E-state index contributed by atoms with van der Waals surface area (Å²) in [6, 6.07) is 12.0. The summed E-state index contributed by atoms with van der Waals surface area (Å²) in [4.78, 5) is 28.1. The number of ether oxygens (including phenoxy) is 1. The fourth-order valence-corrected chi connectivity index (χ4v) is 3.47. The Hall–Kier alpha value is -2.93. The van der Waals surface area contributed by atoms with Gasteiger partial charge in [-0.15, -0.1) is 0 Å². The number of rotatable bonds is 5. The molecule has 1 heterocycles. The lowest BCUT2D eigenvalue weighted by Crippen LogP contribution is -3.09. The van der Waals surface area contributed by atoms with E-state index in [1.165, 1.54) is 13.2 Å². The quantitative estimate of drug-likeness (QED) is 0.821. The summed E-state index contributed by atoms with van der Waals surface area (Å²) < 4.78 is 18.8. The third kappa shape index (κ3) is 3.71. The Morgan fingerprint density at radius 1 is 1.25 bits per heavy atom. The predicted molar refractivity (Wildman–Crippen MR) is 105 cm³/mol. The van der Waals surface area contributed by atoms with Crippen LogP contribution in [0.15, 0.2) is 42.5 Å². The monoisotopic (exact) mass is 386 g/mol. The van der Waals surface area contributed by atoms with Crippen molar-refractivity contribution in [1.29, 1.82) is 0 Å². The van der Waals surface area contributed by atoms with Crippen molar-refractivity contribution in [3.8, 4) is 5.75 Å². The van der Waals surface area contributed by atoms with Crippen LogP contribution in [0.3, 0.4) is 0 Å². The molecule has 0 saturated carbocycles. The maximum absolute atomic E-state index is 13.9. The fraction of sp³-hybridized carbons (Fsp3) is 0.333. The van der Waals surface area contributed by atoms with Crippen LogP contribution in [-0.2, 0) is 16.1 Å². The van der Waals surface area contributed by atoms with E-state index < -0.39 is 11.4 Å². The number of hydrogen-bond acceptors (Lipinski definition) is 3. The second-order valence-electron chi connectivity index (χ2n) is 7.54. The van der Waals surface area contributed by atoms with Gasteiger partial charge in [-0.1, -0.05) is 12.1 Å². The number of methoxy groups -OCH3 is 1. The van der Waals surface area contributed by atoms with E-state index in [2.05, 4.69) is 5.32 Å². The predicted octanol–water partition coefficient (Wildman–Crippen LogP) is 1.61. The van der Waals surface area contributed by atoms with Crippen LogP contribution in [0.2, 0.25) is 0 Å². The van der Waals surface area contributed by atoms with Gasteiger partial charge in [-0.05, 0) is 44.2 Å². The van der Waals surface area contributed by atoms with Crippen molar-refractivity contribution in [2.45, 2.75) is 25.9 Å². The van der Waals surface area contributed by atoms with E-state index in [1.54, 1.807) is 36.9 Å². The van der Waals surface area contributed by atoms with Gasteiger partial charge >= 0.3 is 0 Å². The second-order valence-corrected chi connectivity index (χ2v) is 7.54. The molecule has 1 aliphatic rings. The summed E-state index contributed by atoms with van der Waals surface area (Å²) in [5, 5.41) is 2.85. The zero-order chi connectivity index (χ0) is 20.5. The van der Waals surface area contributed by atoms with Gasteiger partial charge in [0.2, 0.25) is 5.91 Å². The van der Waals surface area contributed by atoms with Crippen LogP contribution in [0.4, 0.5) is 15.8 Å². The first-order valence-electron chi connectivity index (χ1n) is 9.11. The minimum absolute atomic E-state index is 0.165. The molecular weight excluding hydrogens is 361 g/mol. The highest BCUT2D eigenvalue weighted by molar-refractivity contribution is 6.14. The van der Waals surface area contributed by atoms with Gasteiger partial charge in [0.25, 0.3) is 5.91 Å². The molecule has 148 valence electrons. The Morgan fingerprint density at radius 2 is 1.96 bits per heavy atom. The van der Waals surface area contributed by atoms with Crippen LogP contribution in [-0.4, -0.2) is 38.1 Å². The van der Waals surface area contributed by atoms with Crippen LogP contribution in [0.25, 0.3) is 0 Å². The first-order valence-corrected chi connectivity index (χ1v) is 9.11. The van der Waals surface area contributed by atoms with Crippen molar-refractivity contribution in [2.75, 3.05) is 30.9 Å². The summed E-state index contributed by atoms with van der Waals surface area (Å²) in [5.74, 6) is -0.634. The second kappa shape index (κ2) is 7.59. The van der Waals surface area contributed by atoms with Crippen LogP contribution < -0.4 is 19.9 Å². The van der Waals surface area contributed by atoms with E-state index in [4.69, 9.17) is 4.74 Å². The molecule has 28 heavy (non-hydrogen) atoms. The topological polar surface area (TPSA) is 63.1 Å². The minimum Gasteiger partial charge on any atom is -0.494 e. The molecule has 2 aromatic rings. The number of carbonyl (C=O) groups excluding carboxylic acids is 2. The smallest absolute Gasteiger partial charge is 0.283 e. The van der Waals surface area contributed by atoms with Gasteiger partial charge in [-0.25, -0.2) is 4.39 Å². The zero-order valence-corrected chi connectivity index (χ0v) is 16.5. The Kier molecular flexibility index (Phi) is 5.38. The molecule has 0 saturated heterocycles.